The molecule has 19 heavy (non-hydrogen) atoms. The van der Waals surface area contributed by atoms with E-state index in [1.54, 1.807) is 13.0 Å². The third-order valence-corrected chi connectivity index (χ3v) is 2.67. The summed E-state index contributed by atoms with van der Waals surface area (Å²) in [5, 5.41) is 21.1. The normalized spacial score (nSPS) is 17.5. The fraction of sp³-hybridized carbons (Fsp3) is 0.0769. The minimum absolute atomic E-state index is 0.0253. The molecule has 6 heteroatoms. The summed E-state index contributed by atoms with van der Waals surface area (Å²) < 4.78 is 5.00. The van der Waals surface area contributed by atoms with E-state index in [0.717, 1.165) is 5.57 Å². The van der Waals surface area contributed by atoms with Gasteiger partial charge in [-0.05, 0) is 48.5 Å². The van der Waals surface area contributed by atoms with Gasteiger partial charge in [0, 0.05) is 6.07 Å². The van der Waals surface area contributed by atoms with Crippen LogP contribution in [0.25, 0.3) is 5.57 Å². The number of ether oxygens (including phenoxy) is 1. The zero-order valence-corrected chi connectivity index (χ0v) is 10.8. The number of hydrogen-bond donors (Lipinski definition) is 3. The molecule has 2 rings (SSSR count). The lowest BCUT2D eigenvalue weighted by Crippen LogP contribution is -2.18. The Morgan fingerprint density at radius 3 is 2.47 bits per heavy atom. The summed E-state index contributed by atoms with van der Waals surface area (Å²) in [7, 11) is 0. The van der Waals surface area contributed by atoms with Gasteiger partial charge in [-0.25, -0.2) is 0 Å². The van der Waals surface area contributed by atoms with E-state index in [4.69, 9.17) is 17.0 Å². The molecule has 1 aromatic rings. The van der Waals surface area contributed by atoms with Crippen molar-refractivity contribution in [3.05, 3.63) is 41.7 Å². The number of benzene rings is 1. The van der Waals surface area contributed by atoms with E-state index in [9.17, 15) is 15.0 Å². The number of rotatable bonds is 2. The summed E-state index contributed by atoms with van der Waals surface area (Å²) in [5.74, 6) is -0.362. The summed E-state index contributed by atoms with van der Waals surface area (Å²) in [5.41, 5.74) is 1.38. The number of carbonyl (C=O) groups is 1. The zero-order valence-electron chi connectivity index (χ0n) is 10.0. The van der Waals surface area contributed by atoms with Crippen LogP contribution in [0, 0.1) is 0 Å². The molecule has 1 heterocycles. The largest absolute Gasteiger partial charge is 0.508 e. The Morgan fingerprint density at radius 2 is 1.95 bits per heavy atom. The van der Waals surface area contributed by atoms with Gasteiger partial charge in [0.25, 0.3) is 11.1 Å². The Hall–Kier alpha value is -2.34. The first-order chi connectivity index (χ1) is 8.95. The summed E-state index contributed by atoms with van der Waals surface area (Å²) in [6.45, 7) is 1.77. The minimum atomic E-state index is -0.396. The van der Waals surface area contributed by atoms with Gasteiger partial charge in [-0.2, -0.15) is 0 Å². The van der Waals surface area contributed by atoms with Gasteiger partial charge in [-0.1, -0.05) is 6.08 Å². The van der Waals surface area contributed by atoms with E-state index in [1.807, 2.05) is 0 Å². The second-order valence-electron chi connectivity index (χ2n) is 3.96. The molecule has 1 fully saturated rings. The maximum absolute atomic E-state index is 11.3. The lowest BCUT2D eigenvalue weighted by Gasteiger charge is -2.03. The monoisotopic (exact) mass is 277 g/mol. The van der Waals surface area contributed by atoms with Crippen LogP contribution in [0.2, 0.25) is 0 Å². The van der Waals surface area contributed by atoms with Crippen molar-refractivity contribution in [2.45, 2.75) is 6.92 Å². The van der Waals surface area contributed by atoms with E-state index in [-0.39, 0.29) is 22.4 Å². The number of allylic oxidation sites excluding steroid dienone is 3. The summed E-state index contributed by atoms with van der Waals surface area (Å²) in [6, 6.07) is 4.25. The van der Waals surface area contributed by atoms with Gasteiger partial charge in [0.2, 0.25) is 0 Å². The predicted molar refractivity (Wildman–Crippen MR) is 73.3 cm³/mol. The number of amides is 1. The van der Waals surface area contributed by atoms with E-state index >= 15 is 0 Å². The van der Waals surface area contributed by atoms with E-state index in [2.05, 4.69) is 5.32 Å². The second-order valence-corrected chi connectivity index (χ2v) is 4.33. The summed E-state index contributed by atoms with van der Waals surface area (Å²) >= 11 is 4.70. The van der Waals surface area contributed by atoms with Crippen molar-refractivity contribution < 1.29 is 19.7 Å². The highest BCUT2D eigenvalue weighted by Gasteiger charge is 2.22. The Kier molecular flexibility index (Phi) is 3.52. The molecule has 5 nitrogen and oxygen atoms in total. The smallest absolute Gasteiger partial charge is 0.294 e. The first kappa shape index (κ1) is 13.1. The van der Waals surface area contributed by atoms with Crippen LogP contribution < -0.4 is 5.32 Å². The highest BCUT2D eigenvalue weighted by Crippen LogP contribution is 2.25. The van der Waals surface area contributed by atoms with Crippen LogP contribution in [0.1, 0.15) is 12.5 Å². The molecule has 1 aliphatic rings. The van der Waals surface area contributed by atoms with Crippen LogP contribution in [-0.4, -0.2) is 21.3 Å². The molecule has 1 aromatic carbocycles. The molecule has 1 saturated heterocycles. The van der Waals surface area contributed by atoms with E-state index in [0.29, 0.717) is 5.56 Å². The summed E-state index contributed by atoms with van der Waals surface area (Å²) in [4.78, 5) is 11.3. The van der Waals surface area contributed by atoms with Gasteiger partial charge in [0.15, 0.2) is 5.76 Å². The average molecular weight is 277 g/mol. The maximum Gasteiger partial charge on any atom is 0.294 e. The number of phenolic OH excluding ortho intramolecular Hbond substituents is 2. The molecule has 0 radical (unpaired) electrons. The van der Waals surface area contributed by atoms with E-state index in [1.165, 1.54) is 24.3 Å². The van der Waals surface area contributed by atoms with Crippen molar-refractivity contribution >= 4 is 28.9 Å². The predicted octanol–water partition coefficient (Wildman–Crippen LogP) is 1.82. The summed E-state index contributed by atoms with van der Waals surface area (Å²) in [6.07, 6.45) is 3.11. The number of aromatic hydroxyl groups is 2. The number of thiocarbonyl (C=S) groups is 1. The van der Waals surface area contributed by atoms with Gasteiger partial charge < -0.3 is 14.9 Å². The van der Waals surface area contributed by atoms with Crippen molar-refractivity contribution in [1.29, 1.82) is 0 Å². The zero-order chi connectivity index (χ0) is 14.0. The van der Waals surface area contributed by atoms with Crippen LogP contribution in [-0.2, 0) is 9.53 Å². The van der Waals surface area contributed by atoms with Gasteiger partial charge in [0.05, 0.1) is 0 Å². The Bertz CT molecular complexity index is 599. The standard InChI is InChI=1S/C13H11NO4S/c1-7(8-4-9(15)6-10(16)5-8)2-3-11-12(17)14-13(19)18-11/h2-6,15-16H,1H3,(H,14,17,19)/b7-2-,11-3+. The molecule has 0 aliphatic carbocycles. The van der Waals surface area contributed by atoms with Gasteiger partial charge in [-0.15, -0.1) is 0 Å². The van der Waals surface area contributed by atoms with Crippen molar-refractivity contribution in [1.82, 2.24) is 5.32 Å². The van der Waals surface area contributed by atoms with Crippen LogP contribution in [0.5, 0.6) is 11.5 Å². The average Bonchev–Trinajstić information content (AvgIpc) is 2.63. The molecule has 98 valence electrons. The molecule has 3 N–H and O–H groups in total. The van der Waals surface area contributed by atoms with Crippen LogP contribution in [0.3, 0.4) is 0 Å². The van der Waals surface area contributed by atoms with Gasteiger partial charge in [-0.3, -0.25) is 10.1 Å². The van der Waals surface area contributed by atoms with Crippen molar-refractivity contribution in [2.24, 2.45) is 0 Å². The highest BCUT2D eigenvalue weighted by molar-refractivity contribution is 7.80. The third kappa shape index (κ3) is 3.11. The molecule has 0 aromatic heterocycles. The Labute approximate surface area is 114 Å². The fourth-order valence-corrected chi connectivity index (χ4v) is 1.74. The van der Waals surface area contributed by atoms with Crippen molar-refractivity contribution in [3.8, 4) is 11.5 Å². The third-order valence-electron chi connectivity index (χ3n) is 2.48. The Morgan fingerprint density at radius 1 is 1.32 bits per heavy atom. The number of phenols is 2. The fourth-order valence-electron chi connectivity index (χ4n) is 1.56. The molecule has 0 saturated carbocycles. The molecule has 0 bridgehead atoms. The highest BCUT2D eigenvalue weighted by atomic mass is 32.1. The van der Waals surface area contributed by atoms with Crippen LogP contribution in [0.15, 0.2) is 36.1 Å². The first-order valence-electron chi connectivity index (χ1n) is 5.41. The molecular weight excluding hydrogens is 266 g/mol. The van der Waals surface area contributed by atoms with Crippen LogP contribution >= 0.6 is 12.2 Å². The second kappa shape index (κ2) is 5.11. The molecule has 1 amide bonds. The first-order valence-corrected chi connectivity index (χ1v) is 5.81. The topological polar surface area (TPSA) is 78.8 Å². The van der Waals surface area contributed by atoms with Gasteiger partial charge >= 0.3 is 0 Å². The van der Waals surface area contributed by atoms with Crippen LogP contribution in [0.4, 0.5) is 0 Å². The van der Waals surface area contributed by atoms with Crippen molar-refractivity contribution in [2.75, 3.05) is 0 Å². The molecule has 1 aliphatic heterocycles. The molecular formula is C13H11NO4S. The maximum atomic E-state index is 11.3. The lowest BCUT2D eigenvalue weighted by atomic mass is 10.1. The number of nitrogens with one attached hydrogen (secondary N) is 1. The quantitative estimate of drug-likeness (QED) is 0.567. The van der Waals surface area contributed by atoms with E-state index < -0.39 is 5.91 Å². The number of hydrogen-bond acceptors (Lipinski definition) is 5. The minimum Gasteiger partial charge on any atom is -0.508 e. The lowest BCUT2D eigenvalue weighted by molar-refractivity contribution is -0.116. The van der Waals surface area contributed by atoms with Gasteiger partial charge in [0.1, 0.15) is 11.5 Å². The SMILES string of the molecule is C/C(=C/C=C1/OC(=S)NC1=O)c1cc(O)cc(O)c1. The molecule has 0 atom stereocenters. The molecule has 0 spiro atoms. The molecule has 0 unspecified atom stereocenters. The number of carbonyl (C=O) groups excluding carboxylic acids is 1. The Balaban J connectivity index is 2.26. The van der Waals surface area contributed by atoms with Crippen molar-refractivity contribution in [3.63, 3.8) is 0 Å².